The molecular weight excluding hydrogens is 392 g/mol. The van der Waals surface area contributed by atoms with Gasteiger partial charge in [-0.3, -0.25) is 9.59 Å². The van der Waals surface area contributed by atoms with Gasteiger partial charge in [0.05, 0.1) is 6.54 Å². The van der Waals surface area contributed by atoms with Crippen molar-refractivity contribution in [3.63, 3.8) is 0 Å². The summed E-state index contributed by atoms with van der Waals surface area (Å²) in [6.45, 7) is 4.02. The molecule has 0 radical (unpaired) electrons. The van der Waals surface area contributed by atoms with Gasteiger partial charge < -0.3 is 20.9 Å². The number of nitrogens with zero attached hydrogens (tertiary/aromatic N) is 1. The van der Waals surface area contributed by atoms with Crippen molar-refractivity contribution in [2.24, 2.45) is 0 Å². The van der Waals surface area contributed by atoms with Gasteiger partial charge in [0.1, 0.15) is 0 Å². The third kappa shape index (κ3) is 7.46. The van der Waals surface area contributed by atoms with Crippen LogP contribution in [0.1, 0.15) is 29.8 Å². The first kappa shape index (κ1) is 22.2. The van der Waals surface area contributed by atoms with Crippen molar-refractivity contribution in [1.29, 1.82) is 0 Å². The fraction of sp³-hybridized carbons (Fsp3) is 0.286. The molecule has 0 unspecified atom stereocenters. The largest absolute Gasteiger partial charge is 0.336 e. The highest BCUT2D eigenvalue weighted by Gasteiger charge is 2.15. The number of urea groups is 1. The van der Waals surface area contributed by atoms with Gasteiger partial charge in [0.2, 0.25) is 5.91 Å². The Bertz CT molecular complexity index is 868. The lowest BCUT2D eigenvalue weighted by Gasteiger charge is -2.17. The van der Waals surface area contributed by atoms with Crippen molar-refractivity contribution >= 4 is 35.1 Å². The van der Waals surface area contributed by atoms with Crippen LogP contribution in [0.5, 0.6) is 0 Å². The maximum atomic E-state index is 12.5. The van der Waals surface area contributed by atoms with Gasteiger partial charge in [-0.25, -0.2) is 4.79 Å². The maximum absolute atomic E-state index is 12.5. The molecule has 0 spiro atoms. The maximum Gasteiger partial charge on any atom is 0.315 e. The third-order valence-corrected chi connectivity index (χ3v) is 4.14. The molecule has 3 N–H and O–H groups in total. The molecule has 0 bridgehead atoms. The quantitative estimate of drug-likeness (QED) is 0.647. The van der Waals surface area contributed by atoms with Crippen LogP contribution < -0.4 is 16.0 Å². The van der Waals surface area contributed by atoms with E-state index in [1.165, 1.54) is 4.90 Å². The smallest absolute Gasteiger partial charge is 0.315 e. The summed E-state index contributed by atoms with van der Waals surface area (Å²) in [6.07, 6.45) is 0. The number of halogens is 1. The van der Waals surface area contributed by atoms with Crippen molar-refractivity contribution < 1.29 is 14.4 Å². The van der Waals surface area contributed by atoms with E-state index in [-0.39, 0.29) is 30.4 Å². The van der Waals surface area contributed by atoms with Gasteiger partial charge in [-0.2, -0.15) is 0 Å². The van der Waals surface area contributed by atoms with Gasteiger partial charge in [-0.1, -0.05) is 29.8 Å². The number of carbonyl (C=O) groups is 3. The van der Waals surface area contributed by atoms with Crippen molar-refractivity contribution in [2.75, 3.05) is 18.9 Å². The number of rotatable bonds is 7. The number of amides is 4. The predicted octanol–water partition coefficient (Wildman–Crippen LogP) is 3.26. The lowest BCUT2D eigenvalue weighted by Crippen LogP contribution is -2.39. The molecule has 29 heavy (non-hydrogen) atoms. The molecule has 0 aliphatic carbocycles. The number of hydrogen-bond acceptors (Lipinski definition) is 3. The number of likely N-dealkylation sites (N-methyl/N-ethyl adjacent to an activating group) is 1. The Balaban J connectivity index is 1.87. The normalized spacial score (nSPS) is 10.4. The average molecular weight is 417 g/mol. The monoisotopic (exact) mass is 416 g/mol. The van der Waals surface area contributed by atoms with Crippen LogP contribution in [-0.4, -0.2) is 42.4 Å². The number of carbonyl (C=O) groups excluding carboxylic acids is 3. The Morgan fingerprint density at radius 3 is 2.38 bits per heavy atom. The first-order valence-corrected chi connectivity index (χ1v) is 9.56. The Labute approximate surface area is 175 Å². The van der Waals surface area contributed by atoms with E-state index >= 15 is 0 Å². The molecule has 0 heterocycles. The average Bonchev–Trinajstić information content (AvgIpc) is 2.65. The first-order valence-electron chi connectivity index (χ1n) is 9.19. The molecule has 8 heteroatoms. The highest BCUT2D eigenvalue weighted by molar-refractivity contribution is 6.30. The van der Waals surface area contributed by atoms with E-state index in [9.17, 15) is 14.4 Å². The molecule has 0 atom stereocenters. The summed E-state index contributed by atoms with van der Waals surface area (Å²) in [5.74, 6) is -0.594. The van der Waals surface area contributed by atoms with Crippen LogP contribution in [0.15, 0.2) is 48.5 Å². The third-order valence-electron chi connectivity index (χ3n) is 3.91. The summed E-state index contributed by atoms with van der Waals surface area (Å²) in [5, 5.41) is 8.71. The minimum atomic E-state index is -0.319. The van der Waals surface area contributed by atoms with Crippen molar-refractivity contribution in [2.45, 2.75) is 26.4 Å². The number of benzene rings is 2. The fourth-order valence-corrected chi connectivity index (χ4v) is 2.73. The Hall–Kier alpha value is -3.06. The van der Waals surface area contributed by atoms with Crippen LogP contribution in [0.2, 0.25) is 5.02 Å². The van der Waals surface area contributed by atoms with Crippen LogP contribution in [0, 0.1) is 0 Å². The van der Waals surface area contributed by atoms with Crippen LogP contribution in [0.3, 0.4) is 0 Å². The zero-order valence-electron chi connectivity index (χ0n) is 16.7. The van der Waals surface area contributed by atoms with Crippen molar-refractivity contribution in [3.8, 4) is 0 Å². The lowest BCUT2D eigenvalue weighted by molar-refractivity contribution is -0.116. The molecule has 154 valence electrons. The SMILES string of the molecule is CC(C)NC(=O)NCc1ccc(C(=O)N(C)CC(=O)Nc2cccc(Cl)c2)cc1. The highest BCUT2D eigenvalue weighted by atomic mass is 35.5. The predicted molar refractivity (Wildman–Crippen MR) is 114 cm³/mol. The molecule has 2 aromatic rings. The van der Waals surface area contributed by atoms with E-state index in [1.54, 1.807) is 55.6 Å². The van der Waals surface area contributed by atoms with Gasteiger partial charge in [-0.15, -0.1) is 0 Å². The molecule has 7 nitrogen and oxygen atoms in total. The summed E-state index contributed by atoms with van der Waals surface area (Å²) >= 11 is 5.90. The summed E-state index contributed by atoms with van der Waals surface area (Å²) in [4.78, 5) is 37.6. The van der Waals surface area contributed by atoms with E-state index in [1.807, 2.05) is 13.8 Å². The number of hydrogen-bond donors (Lipinski definition) is 3. The van der Waals surface area contributed by atoms with Gasteiger partial charge >= 0.3 is 6.03 Å². The molecule has 0 saturated heterocycles. The van der Waals surface area contributed by atoms with Gasteiger partial charge in [0.15, 0.2) is 0 Å². The number of nitrogens with one attached hydrogen (secondary N) is 3. The van der Waals surface area contributed by atoms with Gasteiger partial charge in [0.25, 0.3) is 5.91 Å². The molecule has 0 saturated carbocycles. The van der Waals surface area contributed by atoms with E-state index in [0.717, 1.165) is 5.56 Å². The molecule has 2 rings (SSSR count). The van der Waals surface area contributed by atoms with Crippen LogP contribution in [-0.2, 0) is 11.3 Å². The summed E-state index contributed by atoms with van der Waals surface area (Å²) in [5.41, 5.74) is 1.89. The van der Waals surface area contributed by atoms with Crippen LogP contribution in [0.4, 0.5) is 10.5 Å². The fourth-order valence-electron chi connectivity index (χ4n) is 2.54. The summed E-state index contributed by atoms with van der Waals surface area (Å²) in [6, 6.07) is 13.5. The Kier molecular flexibility index (Phi) is 8.03. The van der Waals surface area contributed by atoms with Crippen molar-refractivity contribution in [3.05, 3.63) is 64.7 Å². The number of anilines is 1. The van der Waals surface area contributed by atoms with Gasteiger partial charge in [-0.05, 0) is 49.7 Å². The van der Waals surface area contributed by atoms with Crippen LogP contribution >= 0.6 is 11.6 Å². The molecule has 0 aliphatic heterocycles. The zero-order valence-corrected chi connectivity index (χ0v) is 17.4. The second-order valence-corrected chi connectivity index (χ2v) is 7.33. The van der Waals surface area contributed by atoms with E-state index in [4.69, 9.17) is 11.6 Å². The molecule has 2 aromatic carbocycles. The van der Waals surface area contributed by atoms with E-state index < -0.39 is 0 Å². The molecule has 0 fully saturated rings. The summed E-state index contributed by atoms with van der Waals surface area (Å²) in [7, 11) is 1.56. The van der Waals surface area contributed by atoms with E-state index in [0.29, 0.717) is 22.8 Å². The lowest BCUT2D eigenvalue weighted by atomic mass is 10.1. The first-order chi connectivity index (χ1) is 13.7. The van der Waals surface area contributed by atoms with Gasteiger partial charge in [0, 0.05) is 35.9 Å². The van der Waals surface area contributed by atoms with Crippen molar-refractivity contribution in [1.82, 2.24) is 15.5 Å². The minimum absolute atomic E-state index is 0.0570. The molecular formula is C21H25ClN4O3. The molecule has 4 amide bonds. The molecule has 0 aromatic heterocycles. The minimum Gasteiger partial charge on any atom is -0.336 e. The molecule has 0 aliphatic rings. The topological polar surface area (TPSA) is 90.5 Å². The second kappa shape index (κ2) is 10.5. The summed E-state index contributed by atoms with van der Waals surface area (Å²) < 4.78 is 0. The standard InChI is InChI=1S/C21H25ClN4O3/c1-14(2)24-21(29)23-12-15-7-9-16(10-8-15)20(28)26(3)13-19(27)25-18-6-4-5-17(22)11-18/h4-11,14H,12-13H2,1-3H3,(H,25,27)(H2,23,24,29). The highest BCUT2D eigenvalue weighted by Crippen LogP contribution is 2.15. The van der Waals surface area contributed by atoms with Crippen LogP contribution in [0.25, 0.3) is 0 Å². The van der Waals surface area contributed by atoms with E-state index in [2.05, 4.69) is 16.0 Å². The second-order valence-electron chi connectivity index (χ2n) is 6.90. The zero-order chi connectivity index (χ0) is 21.4. The Morgan fingerprint density at radius 1 is 1.07 bits per heavy atom. The Morgan fingerprint density at radius 2 is 1.76 bits per heavy atom.